The Bertz CT molecular complexity index is 1350. The maximum atomic E-state index is 13.2. The van der Waals surface area contributed by atoms with Crippen molar-refractivity contribution in [3.8, 4) is 0 Å². The number of amides is 2. The lowest BCUT2D eigenvalue weighted by atomic mass is 9.74. The van der Waals surface area contributed by atoms with Crippen molar-refractivity contribution in [3.05, 3.63) is 100 Å². The third-order valence-electron chi connectivity index (χ3n) is 7.29. The first-order valence-electron chi connectivity index (χ1n) is 12.8. The van der Waals surface area contributed by atoms with E-state index in [2.05, 4.69) is 30.5 Å². The molecule has 2 amide bonds. The van der Waals surface area contributed by atoms with Crippen LogP contribution in [0.5, 0.6) is 0 Å². The van der Waals surface area contributed by atoms with Crippen LogP contribution in [-0.2, 0) is 35.2 Å². The molecule has 0 aromatic heterocycles. The Hall–Kier alpha value is -3.93. The third kappa shape index (κ3) is 5.01. The van der Waals surface area contributed by atoms with Crippen LogP contribution in [0.1, 0.15) is 63.7 Å². The number of hydrogen-bond acceptors (Lipinski definition) is 4. The molecule has 0 atom stereocenters. The molecule has 0 spiro atoms. The number of rotatable bonds is 6. The summed E-state index contributed by atoms with van der Waals surface area (Å²) in [5, 5.41) is 5.91. The second-order valence-electron chi connectivity index (χ2n) is 10.9. The number of ether oxygens (including phenoxy) is 1. The molecule has 0 saturated carbocycles. The van der Waals surface area contributed by atoms with Crippen LogP contribution < -0.4 is 10.6 Å². The Balaban J connectivity index is 1.29. The molecular formula is C31H32N2O4. The van der Waals surface area contributed by atoms with Crippen molar-refractivity contribution in [2.24, 2.45) is 5.41 Å². The zero-order valence-corrected chi connectivity index (χ0v) is 21.5. The predicted molar refractivity (Wildman–Crippen MR) is 143 cm³/mol. The summed E-state index contributed by atoms with van der Waals surface area (Å²) >= 11 is 0. The van der Waals surface area contributed by atoms with Crippen molar-refractivity contribution in [3.63, 3.8) is 0 Å². The molecule has 0 aliphatic heterocycles. The average Bonchev–Trinajstić information content (AvgIpc) is 3.23. The Morgan fingerprint density at radius 1 is 0.811 bits per heavy atom. The molecule has 0 radical (unpaired) electrons. The topological polar surface area (TPSA) is 84.5 Å². The minimum absolute atomic E-state index is 0.131. The number of anilines is 1. The Labute approximate surface area is 217 Å². The molecule has 6 heteroatoms. The number of carbonyl (C=O) groups excluding carboxylic acids is 3. The number of hydrogen-bond donors (Lipinski definition) is 2. The van der Waals surface area contributed by atoms with Crippen molar-refractivity contribution in [1.82, 2.24) is 5.32 Å². The summed E-state index contributed by atoms with van der Waals surface area (Å²) < 4.78 is 5.34. The van der Waals surface area contributed by atoms with Gasteiger partial charge in [-0.15, -0.1) is 0 Å². The summed E-state index contributed by atoms with van der Waals surface area (Å²) in [4.78, 5) is 39.2. The second kappa shape index (κ2) is 9.51. The summed E-state index contributed by atoms with van der Waals surface area (Å²) in [6.45, 7) is 6.43. The number of benzene rings is 3. The Morgan fingerprint density at radius 3 is 2.14 bits per heavy atom. The van der Waals surface area contributed by atoms with E-state index in [1.807, 2.05) is 36.4 Å². The molecule has 2 aliphatic rings. The van der Waals surface area contributed by atoms with Crippen molar-refractivity contribution >= 4 is 23.5 Å². The largest absolute Gasteiger partial charge is 0.464 e. The number of carbonyl (C=O) groups is 3. The molecule has 2 bridgehead atoms. The first-order valence-corrected chi connectivity index (χ1v) is 12.8. The minimum atomic E-state index is -1.13. The van der Waals surface area contributed by atoms with Crippen LogP contribution in [0.15, 0.2) is 66.7 Å². The maximum Gasteiger partial charge on any atom is 0.332 e. The van der Waals surface area contributed by atoms with Crippen molar-refractivity contribution < 1.29 is 19.1 Å². The summed E-state index contributed by atoms with van der Waals surface area (Å²) in [5.41, 5.74) is 5.05. The van der Waals surface area contributed by atoms with E-state index in [-0.39, 0.29) is 23.8 Å². The highest BCUT2D eigenvalue weighted by Crippen LogP contribution is 2.34. The van der Waals surface area contributed by atoms with Crippen LogP contribution in [0.2, 0.25) is 0 Å². The zero-order valence-electron chi connectivity index (χ0n) is 21.5. The maximum absolute atomic E-state index is 13.2. The van der Waals surface area contributed by atoms with Gasteiger partial charge >= 0.3 is 5.97 Å². The van der Waals surface area contributed by atoms with Gasteiger partial charge in [0, 0.05) is 29.7 Å². The van der Waals surface area contributed by atoms with Crippen LogP contribution in [0.25, 0.3) is 0 Å². The summed E-state index contributed by atoms with van der Waals surface area (Å²) in [5.74, 6) is -0.955. The van der Waals surface area contributed by atoms with Gasteiger partial charge in [0.1, 0.15) is 5.54 Å². The van der Waals surface area contributed by atoms with E-state index in [4.69, 9.17) is 4.74 Å². The van der Waals surface area contributed by atoms with Gasteiger partial charge in [-0.2, -0.15) is 0 Å². The standard InChI is InChI=1S/C31H32N2O4/c1-4-37-29(36)31(18-22-7-5-6-8-23(22)19-31)33-27(34)21-10-12-25(13-11-21)32-28(35)26-14-9-20-15-24(26)17-30(2,3)16-20/h5-15H,4,16-19H2,1-3H3,(H,32,35)(H,33,34). The van der Waals surface area contributed by atoms with E-state index in [9.17, 15) is 14.4 Å². The van der Waals surface area contributed by atoms with Gasteiger partial charge in [0.25, 0.3) is 11.8 Å². The molecule has 190 valence electrons. The second-order valence-corrected chi connectivity index (χ2v) is 10.9. The molecule has 3 aromatic carbocycles. The third-order valence-corrected chi connectivity index (χ3v) is 7.29. The lowest BCUT2D eigenvalue weighted by Crippen LogP contribution is -2.56. The van der Waals surface area contributed by atoms with Gasteiger partial charge in [-0.05, 0) is 77.8 Å². The molecule has 5 rings (SSSR count). The van der Waals surface area contributed by atoms with Crippen LogP contribution in [0.4, 0.5) is 5.69 Å². The molecule has 37 heavy (non-hydrogen) atoms. The lowest BCUT2D eigenvalue weighted by Gasteiger charge is -2.31. The monoisotopic (exact) mass is 496 g/mol. The number of nitrogens with one attached hydrogen (secondary N) is 2. The van der Waals surface area contributed by atoms with Gasteiger partial charge < -0.3 is 15.4 Å². The molecule has 0 unspecified atom stereocenters. The van der Waals surface area contributed by atoms with Gasteiger partial charge in [0.15, 0.2) is 0 Å². The molecule has 0 fully saturated rings. The fourth-order valence-electron chi connectivity index (χ4n) is 5.62. The van der Waals surface area contributed by atoms with E-state index in [1.165, 1.54) is 5.56 Å². The first-order chi connectivity index (χ1) is 17.7. The fourth-order valence-corrected chi connectivity index (χ4v) is 5.62. The fraction of sp³-hybridized carbons (Fsp3) is 0.323. The molecule has 2 aliphatic carbocycles. The average molecular weight is 497 g/mol. The quantitative estimate of drug-likeness (QED) is 0.476. The van der Waals surface area contributed by atoms with Crippen molar-refractivity contribution in [2.45, 2.75) is 52.0 Å². The van der Waals surface area contributed by atoms with Gasteiger partial charge in [-0.1, -0.05) is 50.2 Å². The number of esters is 1. The van der Waals surface area contributed by atoms with Gasteiger partial charge in [-0.25, -0.2) is 4.79 Å². The van der Waals surface area contributed by atoms with Crippen LogP contribution in [0.3, 0.4) is 0 Å². The smallest absolute Gasteiger partial charge is 0.332 e. The Morgan fingerprint density at radius 2 is 1.49 bits per heavy atom. The van der Waals surface area contributed by atoms with Crippen LogP contribution >= 0.6 is 0 Å². The zero-order chi connectivity index (χ0) is 26.2. The SMILES string of the molecule is CCOC(=O)C1(NC(=O)c2ccc(NC(=O)c3ccc4cc3CC(C)(C)C4)cc2)Cc2ccccc2C1. The molecule has 2 N–H and O–H groups in total. The van der Waals surface area contributed by atoms with E-state index in [1.54, 1.807) is 31.2 Å². The Kier molecular flexibility index (Phi) is 6.36. The summed E-state index contributed by atoms with van der Waals surface area (Å²) in [6.07, 6.45) is 2.64. The van der Waals surface area contributed by atoms with E-state index in [0.29, 0.717) is 29.7 Å². The molecule has 0 heterocycles. The van der Waals surface area contributed by atoms with Crippen LogP contribution in [-0.4, -0.2) is 29.9 Å². The highest BCUT2D eigenvalue weighted by molar-refractivity contribution is 6.06. The van der Waals surface area contributed by atoms with E-state index < -0.39 is 11.5 Å². The van der Waals surface area contributed by atoms with Gasteiger partial charge in [0.2, 0.25) is 0 Å². The predicted octanol–water partition coefficient (Wildman–Crippen LogP) is 4.89. The van der Waals surface area contributed by atoms with E-state index >= 15 is 0 Å². The molecular weight excluding hydrogens is 464 g/mol. The normalized spacial score (nSPS) is 16.4. The lowest BCUT2D eigenvalue weighted by molar-refractivity contribution is -0.150. The van der Waals surface area contributed by atoms with Gasteiger partial charge in [-0.3, -0.25) is 9.59 Å². The van der Waals surface area contributed by atoms with E-state index in [0.717, 1.165) is 29.5 Å². The van der Waals surface area contributed by atoms with Crippen molar-refractivity contribution in [2.75, 3.05) is 11.9 Å². The highest BCUT2D eigenvalue weighted by atomic mass is 16.5. The summed E-state index contributed by atoms with van der Waals surface area (Å²) in [6, 6.07) is 20.6. The highest BCUT2D eigenvalue weighted by Gasteiger charge is 2.46. The molecule has 6 nitrogen and oxygen atoms in total. The first kappa shape index (κ1) is 24.8. The molecule has 0 saturated heterocycles. The number of fused-ring (bicyclic) bond motifs is 3. The summed E-state index contributed by atoms with van der Waals surface area (Å²) in [7, 11) is 0. The van der Waals surface area contributed by atoms with Crippen LogP contribution in [0, 0.1) is 5.41 Å². The minimum Gasteiger partial charge on any atom is -0.464 e. The molecule has 3 aromatic rings. The van der Waals surface area contributed by atoms with Gasteiger partial charge in [0.05, 0.1) is 6.61 Å². The van der Waals surface area contributed by atoms with Crippen molar-refractivity contribution in [1.29, 1.82) is 0 Å².